The maximum atomic E-state index is 14.6. The summed E-state index contributed by atoms with van der Waals surface area (Å²) in [4.78, 5) is 11.5. The van der Waals surface area contributed by atoms with E-state index in [4.69, 9.17) is 0 Å². The van der Waals surface area contributed by atoms with Crippen molar-refractivity contribution in [3.8, 4) is 11.1 Å². The van der Waals surface area contributed by atoms with Crippen LogP contribution in [0.5, 0.6) is 0 Å². The molecular formula is C27H29FN4O. The van der Waals surface area contributed by atoms with Gasteiger partial charge in [0.05, 0.1) is 5.60 Å². The van der Waals surface area contributed by atoms with Gasteiger partial charge >= 0.3 is 0 Å². The summed E-state index contributed by atoms with van der Waals surface area (Å²) in [5.74, 6) is 0.295. The molecule has 0 radical (unpaired) electrons. The number of nitrogens with one attached hydrogen (secondary N) is 1. The fourth-order valence-electron chi connectivity index (χ4n) is 5.27. The second-order valence-corrected chi connectivity index (χ2v) is 10.5. The molecule has 1 spiro atoms. The van der Waals surface area contributed by atoms with Gasteiger partial charge in [-0.25, -0.2) is 14.4 Å². The third kappa shape index (κ3) is 3.27. The molecule has 6 heteroatoms. The molecule has 2 fully saturated rings. The highest BCUT2D eigenvalue weighted by atomic mass is 19.1. The normalized spacial score (nSPS) is 19.6. The van der Waals surface area contributed by atoms with Crippen LogP contribution in [-0.4, -0.2) is 28.7 Å². The van der Waals surface area contributed by atoms with Crippen LogP contribution < -0.4 is 10.2 Å². The molecule has 33 heavy (non-hydrogen) atoms. The third-order valence-electron chi connectivity index (χ3n) is 7.82. The highest BCUT2D eigenvalue weighted by Gasteiger charge is 2.53. The van der Waals surface area contributed by atoms with Gasteiger partial charge in [0.15, 0.2) is 0 Å². The summed E-state index contributed by atoms with van der Waals surface area (Å²) in [5, 5.41) is 13.8. The Morgan fingerprint density at radius 2 is 1.76 bits per heavy atom. The number of anilines is 2. The lowest BCUT2D eigenvalue weighted by atomic mass is 9.95. The Balaban J connectivity index is 1.36. The van der Waals surface area contributed by atoms with Gasteiger partial charge in [0.2, 0.25) is 5.95 Å². The van der Waals surface area contributed by atoms with Crippen LogP contribution in [0, 0.1) is 5.82 Å². The largest absolute Gasteiger partial charge is 0.386 e. The summed E-state index contributed by atoms with van der Waals surface area (Å²) in [6.45, 7) is 4.27. The van der Waals surface area contributed by atoms with Gasteiger partial charge in [-0.3, -0.25) is 0 Å². The summed E-state index contributed by atoms with van der Waals surface area (Å²) in [5.41, 5.74) is 4.85. The van der Waals surface area contributed by atoms with Crippen LogP contribution in [-0.2, 0) is 16.6 Å². The first-order valence-electron chi connectivity index (χ1n) is 11.7. The Morgan fingerprint density at radius 1 is 1.03 bits per heavy atom. The SMILES string of the molecule is CNC1(c2ccc3c(c2)N(c2ncc(-c4cc(C(C)(C)O)ccc4F)cn2)CC32CC2)CC1. The van der Waals surface area contributed by atoms with E-state index in [1.165, 1.54) is 35.7 Å². The van der Waals surface area contributed by atoms with E-state index in [2.05, 4.69) is 38.4 Å². The van der Waals surface area contributed by atoms with Crippen molar-refractivity contribution in [1.29, 1.82) is 0 Å². The van der Waals surface area contributed by atoms with Gasteiger partial charge in [0, 0.05) is 46.7 Å². The van der Waals surface area contributed by atoms with Crippen molar-refractivity contribution in [3.63, 3.8) is 0 Å². The Morgan fingerprint density at radius 3 is 2.36 bits per heavy atom. The summed E-state index contributed by atoms with van der Waals surface area (Å²) < 4.78 is 14.6. The van der Waals surface area contributed by atoms with E-state index in [-0.39, 0.29) is 16.8 Å². The van der Waals surface area contributed by atoms with Gasteiger partial charge in [-0.15, -0.1) is 0 Å². The van der Waals surface area contributed by atoms with Crippen LogP contribution in [0.4, 0.5) is 16.0 Å². The molecule has 3 aliphatic rings. The van der Waals surface area contributed by atoms with Gasteiger partial charge in [-0.05, 0) is 81.5 Å². The Labute approximate surface area is 193 Å². The van der Waals surface area contributed by atoms with Crippen LogP contribution >= 0.6 is 0 Å². The molecule has 2 aliphatic carbocycles. The number of rotatable bonds is 5. The van der Waals surface area contributed by atoms with E-state index in [9.17, 15) is 9.50 Å². The van der Waals surface area contributed by atoms with Crippen molar-refractivity contribution in [1.82, 2.24) is 15.3 Å². The molecule has 2 N–H and O–H groups in total. The quantitative estimate of drug-likeness (QED) is 0.586. The van der Waals surface area contributed by atoms with E-state index in [0.717, 1.165) is 19.4 Å². The lowest BCUT2D eigenvalue weighted by molar-refractivity contribution is 0.0786. The topological polar surface area (TPSA) is 61.3 Å². The lowest BCUT2D eigenvalue weighted by Gasteiger charge is -2.21. The molecule has 0 bridgehead atoms. The van der Waals surface area contributed by atoms with Gasteiger partial charge in [0.25, 0.3) is 0 Å². The van der Waals surface area contributed by atoms with E-state index in [1.54, 1.807) is 38.4 Å². The van der Waals surface area contributed by atoms with E-state index in [0.29, 0.717) is 22.6 Å². The van der Waals surface area contributed by atoms with Crippen LogP contribution in [0.2, 0.25) is 0 Å². The second kappa shape index (κ2) is 6.84. The number of fused-ring (bicyclic) bond motifs is 2. The molecule has 170 valence electrons. The van der Waals surface area contributed by atoms with Crippen molar-refractivity contribution in [3.05, 3.63) is 71.3 Å². The maximum absolute atomic E-state index is 14.6. The maximum Gasteiger partial charge on any atom is 0.229 e. The highest BCUT2D eigenvalue weighted by molar-refractivity contribution is 5.73. The number of halogens is 1. The van der Waals surface area contributed by atoms with Gasteiger partial charge in [0.1, 0.15) is 5.82 Å². The zero-order valence-electron chi connectivity index (χ0n) is 19.3. The van der Waals surface area contributed by atoms with Crippen molar-refractivity contribution in [2.45, 2.75) is 56.1 Å². The fraction of sp³-hybridized carbons (Fsp3) is 0.407. The minimum absolute atomic E-state index is 0.105. The first-order chi connectivity index (χ1) is 15.7. The van der Waals surface area contributed by atoms with Crippen molar-refractivity contribution in [2.75, 3.05) is 18.5 Å². The van der Waals surface area contributed by atoms with Crippen molar-refractivity contribution >= 4 is 11.6 Å². The zero-order valence-corrected chi connectivity index (χ0v) is 19.3. The van der Waals surface area contributed by atoms with Gasteiger partial charge in [-0.1, -0.05) is 18.2 Å². The number of nitrogens with zero attached hydrogens (tertiary/aromatic N) is 3. The average Bonchev–Trinajstić information content (AvgIpc) is 3.72. The molecular weight excluding hydrogens is 415 g/mol. The summed E-state index contributed by atoms with van der Waals surface area (Å²) >= 11 is 0. The molecule has 0 atom stereocenters. The van der Waals surface area contributed by atoms with Crippen molar-refractivity contribution < 1.29 is 9.50 Å². The fourth-order valence-corrected chi connectivity index (χ4v) is 5.27. The molecule has 0 saturated heterocycles. The van der Waals surface area contributed by atoms with Gasteiger partial charge in [-0.2, -0.15) is 0 Å². The standard InChI is InChI=1S/C27H29FN4O/c1-25(2,33)18-5-7-22(28)20(12-18)17-14-30-24(31-15-17)32-16-26(8-9-26)21-6-4-19(13-23(21)32)27(29-3)10-11-27/h4-7,12-15,29,33H,8-11,16H2,1-3H3. The van der Waals surface area contributed by atoms with E-state index in [1.807, 2.05) is 7.05 Å². The van der Waals surface area contributed by atoms with E-state index >= 15 is 0 Å². The van der Waals surface area contributed by atoms with Crippen LogP contribution in [0.25, 0.3) is 11.1 Å². The number of aromatic nitrogens is 2. The Bertz CT molecular complexity index is 1240. The third-order valence-corrected chi connectivity index (χ3v) is 7.82. The summed E-state index contributed by atoms with van der Waals surface area (Å²) in [7, 11) is 2.04. The number of hydrogen-bond acceptors (Lipinski definition) is 5. The molecule has 1 aliphatic heterocycles. The molecule has 3 aromatic rings. The molecule has 0 amide bonds. The molecule has 6 rings (SSSR count). The second-order valence-electron chi connectivity index (χ2n) is 10.5. The Kier molecular flexibility index (Phi) is 4.30. The summed E-state index contributed by atoms with van der Waals surface area (Å²) in [6.07, 6.45) is 8.08. The summed E-state index contributed by atoms with van der Waals surface area (Å²) in [6, 6.07) is 11.6. The molecule has 0 unspecified atom stereocenters. The number of aliphatic hydroxyl groups is 1. The predicted molar refractivity (Wildman–Crippen MR) is 127 cm³/mol. The average molecular weight is 445 g/mol. The van der Waals surface area contributed by atoms with Gasteiger partial charge < -0.3 is 15.3 Å². The molecule has 1 aromatic heterocycles. The highest BCUT2D eigenvalue weighted by Crippen LogP contribution is 2.59. The molecule has 5 nitrogen and oxygen atoms in total. The van der Waals surface area contributed by atoms with Crippen LogP contribution in [0.3, 0.4) is 0 Å². The first-order valence-corrected chi connectivity index (χ1v) is 11.7. The minimum Gasteiger partial charge on any atom is -0.386 e. The van der Waals surface area contributed by atoms with Crippen molar-refractivity contribution in [2.24, 2.45) is 0 Å². The molecule has 2 heterocycles. The number of benzene rings is 2. The monoisotopic (exact) mass is 444 g/mol. The van der Waals surface area contributed by atoms with E-state index < -0.39 is 5.60 Å². The zero-order chi connectivity index (χ0) is 23.0. The molecule has 2 saturated carbocycles. The smallest absolute Gasteiger partial charge is 0.229 e. The number of hydrogen-bond donors (Lipinski definition) is 2. The lowest BCUT2D eigenvalue weighted by Crippen LogP contribution is -2.25. The predicted octanol–water partition coefficient (Wildman–Crippen LogP) is 4.90. The first kappa shape index (κ1) is 20.8. The Hall–Kier alpha value is -2.83. The van der Waals surface area contributed by atoms with Crippen LogP contribution in [0.15, 0.2) is 48.8 Å². The minimum atomic E-state index is -1.05. The van der Waals surface area contributed by atoms with Crippen LogP contribution in [0.1, 0.15) is 56.2 Å². The molecule has 2 aromatic carbocycles.